The molecule has 0 aliphatic carbocycles. The van der Waals surface area contributed by atoms with Gasteiger partial charge in [0.25, 0.3) is 0 Å². The number of benzene rings is 1. The van der Waals surface area contributed by atoms with Gasteiger partial charge in [0.1, 0.15) is 5.75 Å². The Hall–Kier alpha value is -1.02. The van der Waals surface area contributed by atoms with E-state index in [0.717, 1.165) is 11.1 Å². The van der Waals surface area contributed by atoms with Crippen molar-refractivity contribution in [3.63, 3.8) is 0 Å². The fraction of sp³-hybridized carbons (Fsp3) is 0.571. The van der Waals surface area contributed by atoms with Crippen molar-refractivity contribution < 1.29 is 5.11 Å². The lowest BCUT2D eigenvalue weighted by Gasteiger charge is -2.24. The van der Waals surface area contributed by atoms with Crippen LogP contribution < -0.4 is 5.73 Å². The van der Waals surface area contributed by atoms with Gasteiger partial charge in [0.2, 0.25) is 0 Å². The molecule has 0 heterocycles. The molecular weight excluding hydrogens is 198 g/mol. The van der Waals surface area contributed by atoms with Gasteiger partial charge in [-0.2, -0.15) is 0 Å². The first-order chi connectivity index (χ1) is 7.11. The van der Waals surface area contributed by atoms with Crippen LogP contribution in [0.3, 0.4) is 0 Å². The highest BCUT2D eigenvalue weighted by molar-refractivity contribution is 5.44. The van der Waals surface area contributed by atoms with Crippen LogP contribution in [0.25, 0.3) is 0 Å². The van der Waals surface area contributed by atoms with E-state index in [1.807, 2.05) is 32.0 Å². The molecule has 1 aromatic carbocycles. The Bertz CT molecular complexity index is 369. The van der Waals surface area contributed by atoms with E-state index >= 15 is 0 Å². The molecule has 2 nitrogen and oxygen atoms in total. The first-order valence-electron chi connectivity index (χ1n) is 5.71. The summed E-state index contributed by atoms with van der Waals surface area (Å²) in [6.07, 6.45) is 0.683. The predicted molar refractivity (Wildman–Crippen MR) is 68.8 cm³/mol. The quantitative estimate of drug-likeness (QED) is 0.806. The van der Waals surface area contributed by atoms with Crippen molar-refractivity contribution in [2.24, 2.45) is 5.73 Å². The molecule has 0 radical (unpaired) electrons. The maximum atomic E-state index is 10.2. The Labute approximate surface area is 98.5 Å². The lowest BCUT2D eigenvalue weighted by Crippen LogP contribution is -2.34. The first kappa shape index (κ1) is 13.0. The Morgan fingerprint density at radius 2 is 1.69 bits per heavy atom. The molecule has 16 heavy (non-hydrogen) atoms. The van der Waals surface area contributed by atoms with Gasteiger partial charge < -0.3 is 10.8 Å². The molecule has 1 aromatic rings. The van der Waals surface area contributed by atoms with Crippen molar-refractivity contribution >= 4 is 0 Å². The zero-order valence-electron chi connectivity index (χ0n) is 11.0. The van der Waals surface area contributed by atoms with E-state index in [1.165, 1.54) is 0 Å². The highest BCUT2D eigenvalue weighted by Crippen LogP contribution is 2.34. The Morgan fingerprint density at radius 3 is 2.12 bits per heavy atom. The monoisotopic (exact) mass is 221 g/mol. The molecule has 1 rings (SSSR count). The summed E-state index contributed by atoms with van der Waals surface area (Å²) in [6, 6.07) is 5.91. The molecule has 0 aliphatic heterocycles. The summed E-state index contributed by atoms with van der Waals surface area (Å²) in [5, 5.41) is 10.2. The third-order valence-electron chi connectivity index (χ3n) is 2.57. The van der Waals surface area contributed by atoms with E-state index < -0.39 is 0 Å². The summed E-state index contributed by atoms with van der Waals surface area (Å²) in [5.41, 5.74) is 7.56. The summed E-state index contributed by atoms with van der Waals surface area (Å²) < 4.78 is 0. The zero-order chi connectivity index (χ0) is 12.6. The van der Waals surface area contributed by atoms with Crippen LogP contribution in [0.2, 0.25) is 0 Å². The maximum Gasteiger partial charge on any atom is 0.122 e. The van der Waals surface area contributed by atoms with E-state index in [0.29, 0.717) is 12.2 Å². The van der Waals surface area contributed by atoms with E-state index in [2.05, 4.69) is 20.8 Å². The van der Waals surface area contributed by atoms with Crippen molar-refractivity contribution in [1.82, 2.24) is 0 Å². The topological polar surface area (TPSA) is 46.2 Å². The number of hydrogen-bond donors (Lipinski definition) is 2. The maximum absolute atomic E-state index is 10.2. The SMILES string of the molecule is CC(C)(N)Cc1cccc(C(C)(C)C)c1O. The highest BCUT2D eigenvalue weighted by atomic mass is 16.3. The predicted octanol–water partition coefficient (Wildman–Crippen LogP) is 2.97. The molecule has 0 bridgehead atoms. The molecule has 0 aromatic heterocycles. The third-order valence-corrected chi connectivity index (χ3v) is 2.57. The molecule has 0 spiro atoms. The van der Waals surface area contributed by atoms with Crippen LogP contribution in [0.15, 0.2) is 18.2 Å². The minimum absolute atomic E-state index is 0.0428. The van der Waals surface area contributed by atoms with Crippen LogP contribution in [-0.4, -0.2) is 10.6 Å². The Morgan fingerprint density at radius 1 is 1.12 bits per heavy atom. The average Bonchev–Trinajstić information content (AvgIpc) is 2.04. The largest absolute Gasteiger partial charge is 0.507 e. The molecule has 2 heteroatoms. The molecule has 3 N–H and O–H groups in total. The van der Waals surface area contributed by atoms with Crippen LogP contribution in [0.4, 0.5) is 0 Å². The molecule has 0 atom stereocenters. The van der Waals surface area contributed by atoms with E-state index in [-0.39, 0.29) is 11.0 Å². The zero-order valence-corrected chi connectivity index (χ0v) is 11.0. The van der Waals surface area contributed by atoms with Gasteiger partial charge in [-0.1, -0.05) is 39.0 Å². The standard InChI is InChI=1S/C14H23NO/c1-13(2,3)11-8-6-7-10(12(11)16)9-14(4,5)15/h6-8,16H,9,15H2,1-5H3. The number of aromatic hydroxyl groups is 1. The highest BCUT2D eigenvalue weighted by Gasteiger charge is 2.21. The van der Waals surface area contributed by atoms with Gasteiger partial charge in [-0.05, 0) is 36.8 Å². The van der Waals surface area contributed by atoms with E-state index in [1.54, 1.807) is 0 Å². The lowest BCUT2D eigenvalue weighted by atomic mass is 9.83. The second kappa shape index (κ2) is 4.10. The number of nitrogens with two attached hydrogens (primary N) is 1. The molecule has 0 saturated heterocycles. The summed E-state index contributed by atoms with van der Waals surface area (Å²) in [6.45, 7) is 10.2. The van der Waals surface area contributed by atoms with Gasteiger partial charge in [0, 0.05) is 5.54 Å². The molecule has 0 fully saturated rings. The fourth-order valence-electron chi connectivity index (χ4n) is 1.83. The minimum atomic E-state index is -0.298. The molecule has 0 amide bonds. The van der Waals surface area contributed by atoms with E-state index in [9.17, 15) is 5.11 Å². The first-order valence-corrected chi connectivity index (χ1v) is 5.71. The fourth-order valence-corrected chi connectivity index (χ4v) is 1.83. The number of phenolic OH excluding ortho intramolecular Hbond substituents is 1. The molecule has 0 unspecified atom stereocenters. The van der Waals surface area contributed by atoms with Crippen LogP contribution in [-0.2, 0) is 11.8 Å². The summed E-state index contributed by atoms with van der Waals surface area (Å²) in [7, 11) is 0. The second-order valence-electron chi connectivity index (χ2n) is 6.23. The number of phenols is 1. The van der Waals surface area contributed by atoms with Crippen LogP contribution >= 0.6 is 0 Å². The Kier molecular flexibility index (Phi) is 3.34. The lowest BCUT2D eigenvalue weighted by molar-refractivity contribution is 0.428. The van der Waals surface area contributed by atoms with Gasteiger partial charge in [0.15, 0.2) is 0 Å². The van der Waals surface area contributed by atoms with Gasteiger partial charge in [-0.15, -0.1) is 0 Å². The Balaban J connectivity index is 3.15. The minimum Gasteiger partial charge on any atom is -0.507 e. The van der Waals surface area contributed by atoms with Gasteiger partial charge in [-0.25, -0.2) is 0 Å². The number of hydrogen-bond acceptors (Lipinski definition) is 2. The van der Waals surface area contributed by atoms with Crippen LogP contribution in [0.1, 0.15) is 45.7 Å². The number of rotatable bonds is 2. The van der Waals surface area contributed by atoms with E-state index in [4.69, 9.17) is 5.73 Å². The smallest absolute Gasteiger partial charge is 0.122 e. The van der Waals surface area contributed by atoms with Crippen molar-refractivity contribution in [2.45, 2.75) is 52.0 Å². The second-order valence-corrected chi connectivity index (χ2v) is 6.23. The summed E-state index contributed by atoms with van der Waals surface area (Å²) in [4.78, 5) is 0. The molecule has 0 saturated carbocycles. The summed E-state index contributed by atoms with van der Waals surface area (Å²) >= 11 is 0. The number of para-hydroxylation sites is 1. The van der Waals surface area contributed by atoms with Gasteiger partial charge >= 0.3 is 0 Å². The average molecular weight is 221 g/mol. The van der Waals surface area contributed by atoms with Crippen molar-refractivity contribution in [2.75, 3.05) is 0 Å². The molecular formula is C14H23NO. The third kappa shape index (κ3) is 3.24. The van der Waals surface area contributed by atoms with Crippen LogP contribution in [0, 0.1) is 0 Å². The van der Waals surface area contributed by atoms with Crippen molar-refractivity contribution in [1.29, 1.82) is 0 Å². The van der Waals surface area contributed by atoms with Gasteiger partial charge in [-0.3, -0.25) is 0 Å². The normalized spacial score (nSPS) is 12.9. The molecule has 90 valence electrons. The van der Waals surface area contributed by atoms with Crippen LogP contribution in [0.5, 0.6) is 5.75 Å². The van der Waals surface area contributed by atoms with Crippen molar-refractivity contribution in [3.8, 4) is 5.75 Å². The van der Waals surface area contributed by atoms with Crippen molar-refractivity contribution in [3.05, 3.63) is 29.3 Å². The van der Waals surface area contributed by atoms with Gasteiger partial charge in [0.05, 0.1) is 0 Å². The summed E-state index contributed by atoms with van der Waals surface area (Å²) in [5.74, 6) is 0.397. The molecule has 0 aliphatic rings.